The summed E-state index contributed by atoms with van der Waals surface area (Å²) in [5, 5.41) is 4.75. The van der Waals surface area contributed by atoms with Crippen molar-refractivity contribution in [3.8, 4) is 0 Å². The average Bonchev–Trinajstić information content (AvgIpc) is 3.10. The lowest BCUT2D eigenvalue weighted by atomic mass is 10.1. The first-order valence-electron chi connectivity index (χ1n) is 7.89. The number of hydrogen-bond acceptors (Lipinski definition) is 3. The van der Waals surface area contributed by atoms with Crippen LogP contribution in [0.1, 0.15) is 44.0 Å². The number of para-hydroxylation sites is 1. The average molecular weight is 284 g/mol. The van der Waals surface area contributed by atoms with Crippen LogP contribution in [0.3, 0.4) is 0 Å². The maximum atomic E-state index is 6.15. The molecule has 0 atom stereocenters. The van der Waals surface area contributed by atoms with E-state index in [-0.39, 0.29) is 0 Å². The fraction of sp³-hybridized carbons (Fsp3) is 0.471. The lowest BCUT2D eigenvalue weighted by molar-refractivity contribution is 0.425. The molecule has 0 spiro atoms. The van der Waals surface area contributed by atoms with E-state index in [1.807, 2.05) is 12.1 Å². The Morgan fingerprint density at radius 2 is 2.05 bits per heavy atom. The monoisotopic (exact) mass is 284 g/mol. The van der Waals surface area contributed by atoms with Crippen LogP contribution >= 0.6 is 0 Å². The van der Waals surface area contributed by atoms with Crippen molar-refractivity contribution in [2.24, 2.45) is 0 Å². The van der Waals surface area contributed by atoms with Crippen molar-refractivity contribution in [3.05, 3.63) is 41.7 Å². The summed E-state index contributed by atoms with van der Waals surface area (Å²) < 4.78 is 2.11. The normalized spacial score (nSPS) is 14.0. The van der Waals surface area contributed by atoms with Crippen LogP contribution in [0.15, 0.2) is 30.5 Å². The van der Waals surface area contributed by atoms with Crippen molar-refractivity contribution in [1.82, 2.24) is 9.78 Å². The molecule has 21 heavy (non-hydrogen) atoms. The summed E-state index contributed by atoms with van der Waals surface area (Å²) in [7, 11) is 0. The van der Waals surface area contributed by atoms with E-state index in [4.69, 9.17) is 10.8 Å². The number of benzene rings is 1. The zero-order valence-corrected chi connectivity index (χ0v) is 12.9. The predicted octanol–water partition coefficient (Wildman–Crippen LogP) is 3.39. The first kappa shape index (κ1) is 14.0. The quantitative estimate of drug-likeness (QED) is 0.856. The number of nitrogens with zero attached hydrogens (tertiary/aromatic N) is 3. The molecule has 0 bridgehead atoms. The zero-order valence-electron chi connectivity index (χ0n) is 12.9. The number of nitrogen functional groups attached to an aromatic ring is 1. The highest BCUT2D eigenvalue weighted by Gasteiger charge is 2.22. The smallest absolute Gasteiger partial charge is 0.0817 e. The molecule has 0 amide bonds. The standard InChI is InChI=1S/C17H24N4/c1-3-15(4-2)21-11-9-14(19-21)12-20-10-8-13-6-5-7-16(18)17(13)20/h5-7,9,11,15H,3-4,8,10,12,18H2,1-2H3. The van der Waals surface area contributed by atoms with Crippen LogP contribution in [0.2, 0.25) is 0 Å². The molecule has 1 aliphatic heterocycles. The van der Waals surface area contributed by atoms with Crippen LogP contribution in [0.25, 0.3) is 0 Å². The minimum absolute atomic E-state index is 0.509. The van der Waals surface area contributed by atoms with Gasteiger partial charge < -0.3 is 10.6 Å². The molecule has 0 saturated heterocycles. The summed E-state index contributed by atoms with van der Waals surface area (Å²) in [5.74, 6) is 0. The van der Waals surface area contributed by atoms with Crippen LogP contribution in [-0.2, 0) is 13.0 Å². The van der Waals surface area contributed by atoms with Crippen molar-refractivity contribution >= 4 is 11.4 Å². The molecule has 112 valence electrons. The van der Waals surface area contributed by atoms with Gasteiger partial charge in [-0.15, -0.1) is 0 Å². The molecule has 3 rings (SSSR count). The van der Waals surface area contributed by atoms with E-state index >= 15 is 0 Å². The second-order valence-electron chi connectivity index (χ2n) is 5.78. The minimum Gasteiger partial charge on any atom is -0.397 e. The molecular formula is C17H24N4. The number of hydrogen-bond donors (Lipinski definition) is 1. The van der Waals surface area contributed by atoms with Gasteiger partial charge in [0.1, 0.15) is 0 Å². The lowest BCUT2D eigenvalue weighted by Crippen LogP contribution is -2.21. The van der Waals surface area contributed by atoms with Crippen LogP contribution in [0, 0.1) is 0 Å². The number of fused-ring (bicyclic) bond motifs is 1. The van der Waals surface area contributed by atoms with Crippen LogP contribution < -0.4 is 10.6 Å². The summed E-state index contributed by atoms with van der Waals surface area (Å²) in [4.78, 5) is 2.35. The summed E-state index contributed by atoms with van der Waals surface area (Å²) in [5.41, 5.74) is 10.7. The molecule has 4 heteroatoms. The van der Waals surface area contributed by atoms with Gasteiger partial charge in [0, 0.05) is 12.7 Å². The Morgan fingerprint density at radius 3 is 2.81 bits per heavy atom. The Balaban J connectivity index is 1.78. The van der Waals surface area contributed by atoms with Gasteiger partial charge in [-0.05, 0) is 37.0 Å². The van der Waals surface area contributed by atoms with Gasteiger partial charge in [0.15, 0.2) is 0 Å². The third-order valence-corrected chi connectivity index (χ3v) is 4.45. The number of aromatic nitrogens is 2. The molecule has 1 aliphatic rings. The van der Waals surface area contributed by atoms with Gasteiger partial charge in [0.25, 0.3) is 0 Å². The molecule has 0 fully saturated rings. The Hall–Kier alpha value is -1.97. The topological polar surface area (TPSA) is 47.1 Å². The van der Waals surface area contributed by atoms with Crippen molar-refractivity contribution in [2.45, 2.75) is 45.7 Å². The van der Waals surface area contributed by atoms with Gasteiger partial charge in [-0.3, -0.25) is 4.68 Å². The lowest BCUT2D eigenvalue weighted by Gasteiger charge is -2.20. The second-order valence-corrected chi connectivity index (χ2v) is 5.78. The highest BCUT2D eigenvalue weighted by Crippen LogP contribution is 2.34. The molecule has 1 aromatic carbocycles. The van der Waals surface area contributed by atoms with E-state index in [1.165, 1.54) is 11.3 Å². The summed E-state index contributed by atoms with van der Waals surface area (Å²) in [6, 6.07) is 8.85. The minimum atomic E-state index is 0.509. The number of rotatable bonds is 5. The van der Waals surface area contributed by atoms with Crippen molar-refractivity contribution in [1.29, 1.82) is 0 Å². The Kier molecular flexibility index (Phi) is 3.86. The first-order chi connectivity index (χ1) is 10.2. The van der Waals surface area contributed by atoms with Gasteiger partial charge in [-0.2, -0.15) is 5.10 Å². The molecule has 2 aromatic rings. The van der Waals surface area contributed by atoms with E-state index in [0.29, 0.717) is 6.04 Å². The van der Waals surface area contributed by atoms with E-state index in [0.717, 1.165) is 43.7 Å². The first-order valence-corrected chi connectivity index (χ1v) is 7.89. The van der Waals surface area contributed by atoms with E-state index < -0.39 is 0 Å². The second kappa shape index (κ2) is 5.80. The van der Waals surface area contributed by atoms with Crippen molar-refractivity contribution in [2.75, 3.05) is 17.2 Å². The maximum Gasteiger partial charge on any atom is 0.0817 e. The van der Waals surface area contributed by atoms with Crippen molar-refractivity contribution < 1.29 is 0 Å². The molecule has 0 aliphatic carbocycles. The highest BCUT2D eigenvalue weighted by atomic mass is 15.3. The van der Waals surface area contributed by atoms with Gasteiger partial charge in [-0.25, -0.2) is 0 Å². The molecule has 0 unspecified atom stereocenters. The number of anilines is 2. The SMILES string of the molecule is CCC(CC)n1ccc(CN2CCc3cccc(N)c32)n1. The summed E-state index contributed by atoms with van der Waals surface area (Å²) in [6.45, 7) is 6.30. The molecule has 4 nitrogen and oxygen atoms in total. The van der Waals surface area contributed by atoms with Gasteiger partial charge >= 0.3 is 0 Å². The third-order valence-electron chi connectivity index (χ3n) is 4.45. The van der Waals surface area contributed by atoms with Gasteiger partial charge in [0.2, 0.25) is 0 Å². The molecule has 2 N–H and O–H groups in total. The Morgan fingerprint density at radius 1 is 1.24 bits per heavy atom. The third kappa shape index (κ3) is 2.62. The van der Waals surface area contributed by atoms with Crippen molar-refractivity contribution in [3.63, 3.8) is 0 Å². The van der Waals surface area contributed by atoms with Crippen LogP contribution in [0.5, 0.6) is 0 Å². The summed E-state index contributed by atoms with van der Waals surface area (Å²) >= 11 is 0. The highest BCUT2D eigenvalue weighted by molar-refractivity contribution is 5.74. The fourth-order valence-electron chi connectivity index (χ4n) is 3.25. The van der Waals surface area contributed by atoms with E-state index in [2.05, 4.69) is 41.8 Å². The Labute approximate surface area is 126 Å². The largest absolute Gasteiger partial charge is 0.397 e. The Bertz CT molecular complexity index is 613. The predicted molar refractivity (Wildman–Crippen MR) is 87.5 cm³/mol. The number of nitrogens with two attached hydrogens (primary N) is 1. The molecule has 0 radical (unpaired) electrons. The van der Waals surface area contributed by atoms with E-state index in [9.17, 15) is 0 Å². The molecule has 1 aromatic heterocycles. The van der Waals surface area contributed by atoms with Gasteiger partial charge in [-0.1, -0.05) is 26.0 Å². The van der Waals surface area contributed by atoms with E-state index in [1.54, 1.807) is 0 Å². The molecular weight excluding hydrogens is 260 g/mol. The van der Waals surface area contributed by atoms with Crippen LogP contribution in [-0.4, -0.2) is 16.3 Å². The maximum absolute atomic E-state index is 6.15. The molecule has 0 saturated carbocycles. The van der Waals surface area contributed by atoms with Gasteiger partial charge in [0.05, 0.1) is 29.7 Å². The zero-order chi connectivity index (χ0) is 14.8. The fourth-order valence-corrected chi connectivity index (χ4v) is 3.25. The molecule has 2 heterocycles. The summed E-state index contributed by atoms with van der Waals surface area (Å²) in [6.07, 6.45) is 5.43. The van der Waals surface area contributed by atoms with Crippen LogP contribution in [0.4, 0.5) is 11.4 Å².